The molecule has 4 rings (SSSR count). The predicted molar refractivity (Wildman–Crippen MR) is 141 cm³/mol. The molecule has 0 aromatic heterocycles. The second-order valence-electron chi connectivity index (χ2n) is 9.52. The van der Waals surface area contributed by atoms with Gasteiger partial charge in [0.1, 0.15) is 17.2 Å². The Balaban J connectivity index is 1.81. The third-order valence-electron chi connectivity index (χ3n) is 7.27. The molecule has 2 aliphatic rings. The highest BCUT2D eigenvalue weighted by Gasteiger charge is 2.42. The Hall–Kier alpha value is -3.74. The van der Waals surface area contributed by atoms with E-state index in [2.05, 4.69) is 5.32 Å². The number of nitrogens with one attached hydrogen (secondary N) is 1. The minimum atomic E-state index is -0.613. The van der Waals surface area contributed by atoms with Crippen molar-refractivity contribution in [2.75, 3.05) is 21.3 Å². The number of methoxy groups -OCH3 is 3. The first-order valence-electron chi connectivity index (χ1n) is 12.6. The van der Waals surface area contributed by atoms with Crippen molar-refractivity contribution in [3.8, 4) is 17.2 Å². The maximum absolute atomic E-state index is 13.8. The van der Waals surface area contributed by atoms with Gasteiger partial charge in [-0.2, -0.15) is 0 Å². The summed E-state index contributed by atoms with van der Waals surface area (Å²) in [4.78, 5) is 27.3. The van der Waals surface area contributed by atoms with E-state index in [-0.39, 0.29) is 17.8 Å². The molecule has 37 heavy (non-hydrogen) atoms. The predicted octanol–water partition coefficient (Wildman–Crippen LogP) is 5.42. The number of dihydropyridines is 1. The lowest BCUT2D eigenvalue weighted by Gasteiger charge is -2.37. The summed E-state index contributed by atoms with van der Waals surface area (Å²) < 4.78 is 22.1. The zero-order valence-electron chi connectivity index (χ0n) is 22.3. The Morgan fingerprint density at radius 2 is 1.68 bits per heavy atom. The van der Waals surface area contributed by atoms with Gasteiger partial charge in [-0.3, -0.25) is 4.79 Å². The summed E-state index contributed by atoms with van der Waals surface area (Å²) in [5.41, 5.74) is 4.33. The zero-order valence-corrected chi connectivity index (χ0v) is 22.3. The Morgan fingerprint density at radius 1 is 1.00 bits per heavy atom. The van der Waals surface area contributed by atoms with Crippen molar-refractivity contribution in [1.29, 1.82) is 0 Å². The average Bonchev–Trinajstić information content (AvgIpc) is 2.91. The third kappa shape index (κ3) is 5.22. The molecule has 1 heterocycles. The van der Waals surface area contributed by atoms with Crippen LogP contribution in [-0.4, -0.2) is 39.2 Å². The molecule has 0 saturated heterocycles. The van der Waals surface area contributed by atoms with Crippen LogP contribution in [0.2, 0.25) is 0 Å². The van der Waals surface area contributed by atoms with Gasteiger partial charge in [0, 0.05) is 35.0 Å². The van der Waals surface area contributed by atoms with Gasteiger partial charge in [-0.15, -0.1) is 0 Å². The van der Waals surface area contributed by atoms with Gasteiger partial charge < -0.3 is 24.3 Å². The van der Waals surface area contributed by atoms with Gasteiger partial charge in [0.2, 0.25) is 0 Å². The van der Waals surface area contributed by atoms with E-state index in [1.807, 2.05) is 57.2 Å². The van der Waals surface area contributed by atoms with E-state index < -0.39 is 11.9 Å². The number of rotatable bonds is 8. The molecule has 2 aromatic carbocycles. The number of ketones is 1. The lowest BCUT2D eigenvalue weighted by molar-refractivity contribution is -0.144. The highest BCUT2D eigenvalue weighted by atomic mass is 16.5. The van der Waals surface area contributed by atoms with Crippen LogP contribution in [-0.2, 0) is 14.3 Å². The van der Waals surface area contributed by atoms with Crippen LogP contribution < -0.4 is 19.5 Å². The van der Waals surface area contributed by atoms with Crippen molar-refractivity contribution in [2.45, 2.75) is 58.0 Å². The van der Waals surface area contributed by atoms with E-state index in [4.69, 9.17) is 18.9 Å². The number of hydrogen-bond acceptors (Lipinski definition) is 7. The number of esters is 1. The first kappa shape index (κ1) is 26.3. The van der Waals surface area contributed by atoms with E-state index in [1.54, 1.807) is 27.4 Å². The van der Waals surface area contributed by atoms with Gasteiger partial charge in [-0.05, 0) is 56.4 Å². The van der Waals surface area contributed by atoms with Gasteiger partial charge in [0.15, 0.2) is 5.78 Å². The maximum Gasteiger partial charge on any atom is 0.337 e. The normalized spacial score (nSPS) is 20.1. The summed E-state index contributed by atoms with van der Waals surface area (Å²) in [6, 6.07) is 13.3. The Labute approximate surface area is 218 Å². The molecule has 196 valence electrons. The summed E-state index contributed by atoms with van der Waals surface area (Å²) in [5, 5.41) is 3.40. The molecular formula is C30H35NO6. The van der Waals surface area contributed by atoms with Crippen LogP contribution in [0.25, 0.3) is 0 Å². The van der Waals surface area contributed by atoms with Crippen molar-refractivity contribution in [1.82, 2.24) is 5.32 Å². The summed E-state index contributed by atoms with van der Waals surface area (Å²) in [6.07, 6.45) is 1.43. The highest BCUT2D eigenvalue weighted by molar-refractivity contribution is 6.04. The van der Waals surface area contributed by atoms with Gasteiger partial charge >= 0.3 is 5.97 Å². The van der Waals surface area contributed by atoms with Gasteiger partial charge in [0.25, 0.3) is 0 Å². The average molecular weight is 506 g/mol. The molecule has 0 spiro atoms. The molecule has 1 N–H and O–H groups in total. The fraction of sp³-hybridized carbons (Fsp3) is 0.400. The number of carbonyl (C=O) groups is 2. The van der Waals surface area contributed by atoms with Crippen LogP contribution in [0.5, 0.6) is 17.2 Å². The minimum Gasteiger partial charge on any atom is -0.497 e. The standard InChI is InChI=1S/C30H35NO6/c1-7-17(2)37-30(33)27-18(3)31-24-14-20(19-8-10-21(34-4)11-9-19)15-25(32)29(24)28(27)23-13-12-22(35-5)16-26(23)36-6/h8-13,16-17,20,28,31H,7,14-15H2,1-6H3/t17-,20+,28+/m1/s1. The molecule has 2 aromatic rings. The van der Waals surface area contributed by atoms with Crippen LogP contribution in [0.3, 0.4) is 0 Å². The first-order valence-corrected chi connectivity index (χ1v) is 12.6. The number of benzene rings is 2. The first-order chi connectivity index (χ1) is 17.8. The molecule has 0 unspecified atom stereocenters. The van der Waals surface area contributed by atoms with Crippen LogP contribution in [0.4, 0.5) is 0 Å². The number of allylic oxidation sites excluding steroid dienone is 3. The lowest BCUT2D eigenvalue weighted by Crippen LogP contribution is -2.36. The van der Waals surface area contributed by atoms with Gasteiger partial charge in [-0.1, -0.05) is 25.1 Å². The molecule has 0 fully saturated rings. The molecule has 0 radical (unpaired) electrons. The van der Waals surface area contributed by atoms with Crippen LogP contribution >= 0.6 is 0 Å². The van der Waals surface area contributed by atoms with Crippen molar-refractivity contribution in [3.63, 3.8) is 0 Å². The smallest absolute Gasteiger partial charge is 0.337 e. The number of carbonyl (C=O) groups excluding carboxylic acids is 2. The minimum absolute atomic E-state index is 0.00113. The molecule has 7 heteroatoms. The van der Waals surface area contributed by atoms with Crippen molar-refractivity contribution in [3.05, 3.63) is 76.1 Å². The third-order valence-corrected chi connectivity index (χ3v) is 7.27. The summed E-state index contributed by atoms with van der Waals surface area (Å²) in [5.74, 6) is 0.920. The fourth-order valence-electron chi connectivity index (χ4n) is 5.12. The highest BCUT2D eigenvalue weighted by Crippen LogP contribution is 2.48. The van der Waals surface area contributed by atoms with E-state index in [9.17, 15) is 9.59 Å². The maximum atomic E-state index is 13.8. The van der Waals surface area contributed by atoms with Crippen molar-refractivity contribution >= 4 is 11.8 Å². The topological polar surface area (TPSA) is 83.1 Å². The molecule has 0 bridgehead atoms. The van der Waals surface area contributed by atoms with Gasteiger partial charge in [0.05, 0.1) is 38.9 Å². The monoisotopic (exact) mass is 505 g/mol. The number of Topliss-reactive ketones (excluding diaryl/α,β-unsaturated/α-hetero) is 1. The molecule has 0 amide bonds. The lowest BCUT2D eigenvalue weighted by atomic mass is 9.71. The Morgan fingerprint density at radius 3 is 2.30 bits per heavy atom. The van der Waals surface area contributed by atoms with E-state index >= 15 is 0 Å². The van der Waals surface area contributed by atoms with E-state index in [0.717, 1.165) is 22.6 Å². The molecular weight excluding hydrogens is 470 g/mol. The summed E-state index contributed by atoms with van der Waals surface area (Å²) >= 11 is 0. The van der Waals surface area contributed by atoms with E-state index in [0.29, 0.717) is 47.6 Å². The Bertz CT molecular complexity index is 1240. The van der Waals surface area contributed by atoms with Crippen molar-refractivity contribution < 1.29 is 28.5 Å². The van der Waals surface area contributed by atoms with Crippen LogP contribution in [0, 0.1) is 0 Å². The van der Waals surface area contributed by atoms with Gasteiger partial charge in [-0.25, -0.2) is 4.79 Å². The van der Waals surface area contributed by atoms with Crippen LogP contribution in [0.15, 0.2) is 65.0 Å². The van der Waals surface area contributed by atoms with Crippen LogP contribution in [0.1, 0.15) is 63.0 Å². The van der Waals surface area contributed by atoms with E-state index in [1.165, 1.54) is 0 Å². The summed E-state index contributed by atoms with van der Waals surface area (Å²) in [6.45, 7) is 5.69. The molecule has 0 saturated carbocycles. The second-order valence-corrected chi connectivity index (χ2v) is 9.52. The summed E-state index contributed by atoms with van der Waals surface area (Å²) in [7, 11) is 4.79. The molecule has 7 nitrogen and oxygen atoms in total. The second kappa shape index (κ2) is 11.1. The zero-order chi connectivity index (χ0) is 26.7. The molecule has 3 atom stereocenters. The SMILES string of the molecule is CC[C@@H](C)OC(=O)C1=C(C)NC2=C(C(=O)C[C@@H](c3ccc(OC)cc3)C2)[C@H]1c1ccc(OC)cc1OC. The number of hydrogen-bond donors (Lipinski definition) is 1. The fourth-order valence-corrected chi connectivity index (χ4v) is 5.12. The molecule has 1 aliphatic carbocycles. The molecule has 1 aliphatic heterocycles. The quantitative estimate of drug-likeness (QED) is 0.480. The Kier molecular flexibility index (Phi) is 7.91. The number of ether oxygens (including phenoxy) is 4. The largest absolute Gasteiger partial charge is 0.497 e. The van der Waals surface area contributed by atoms with Crippen molar-refractivity contribution in [2.24, 2.45) is 0 Å².